The Morgan fingerprint density at radius 2 is 1.89 bits per heavy atom. The highest BCUT2D eigenvalue weighted by Crippen LogP contribution is 2.29. The zero-order valence-corrected chi connectivity index (χ0v) is 20.8. The van der Waals surface area contributed by atoms with Crippen molar-refractivity contribution in [1.29, 1.82) is 0 Å². The number of methoxy groups -OCH3 is 1. The molecule has 35 heavy (non-hydrogen) atoms. The van der Waals surface area contributed by atoms with Crippen LogP contribution in [0.2, 0.25) is 0 Å². The van der Waals surface area contributed by atoms with Gasteiger partial charge in [0.1, 0.15) is 17.2 Å². The highest BCUT2D eigenvalue weighted by atomic mass is 16.5. The van der Waals surface area contributed by atoms with Gasteiger partial charge in [-0.05, 0) is 54.3 Å². The van der Waals surface area contributed by atoms with Crippen molar-refractivity contribution in [3.63, 3.8) is 0 Å². The maximum absolute atomic E-state index is 12.3. The zero-order valence-electron chi connectivity index (χ0n) is 20.8. The van der Waals surface area contributed by atoms with E-state index in [2.05, 4.69) is 54.6 Å². The highest BCUT2D eigenvalue weighted by molar-refractivity contribution is 5.92. The summed E-state index contributed by atoms with van der Waals surface area (Å²) in [5.74, 6) is 2.06. The van der Waals surface area contributed by atoms with Gasteiger partial charge < -0.3 is 24.7 Å². The predicted octanol–water partition coefficient (Wildman–Crippen LogP) is 5.31. The van der Waals surface area contributed by atoms with E-state index in [1.54, 1.807) is 25.4 Å². The number of carbonyl (C=O) groups excluding carboxylic acids is 1. The Kier molecular flexibility index (Phi) is 7.31. The molecule has 1 amide bonds. The van der Waals surface area contributed by atoms with Gasteiger partial charge in [0, 0.05) is 44.7 Å². The van der Waals surface area contributed by atoms with E-state index in [1.165, 1.54) is 11.1 Å². The number of nitrogens with zero attached hydrogens (tertiary/aromatic N) is 3. The number of pyridine rings is 1. The Morgan fingerprint density at radius 1 is 1.09 bits per heavy atom. The summed E-state index contributed by atoms with van der Waals surface area (Å²) < 4.78 is 13.0. The van der Waals surface area contributed by atoms with Crippen LogP contribution >= 0.6 is 0 Å². The minimum Gasteiger partial charge on any atom is -0.457 e. The molecule has 0 aliphatic carbocycles. The first kappa shape index (κ1) is 24.2. The van der Waals surface area contributed by atoms with Crippen LogP contribution in [0.3, 0.4) is 0 Å². The summed E-state index contributed by atoms with van der Waals surface area (Å²) >= 11 is 0. The first-order valence-corrected chi connectivity index (χ1v) is 11.6. The van der Waals surface area contributed by atoms with Crippen LogP contribution in [-0.2, 0) is 11.8 Å². The van der Waals surface area contributed by atoms with E-state index in [1.807, 2.05) is 29.8 Å². The first-order chi connectivity index (χ1) is 16.9. The van der Waals surface area contributed by atoms with Crippen molar-refractivity contribution in [2.24, 2.45) is 7.05 Å². The quantitative estimate of drug-likeness (QED) is 0.320. The molecule has 2 aromatic carbocycles. The molecule has 8 heteroatoms. The Bertz CT molecular complexity index is 1350. The van der Waals surface area contributed by atoms with E-state index >= 15 is 0 Å². The molecule has 0 unspecified atom stereocenters. The summed E-state index contributed by atoms with van der Waals surface area (Å²) in [7, 11) is 3.56. The van der Waals surface area contributed by atoms with Crippen LogP contribution in [0.4, 0.5) is 11.6 Å². The Hall–Kier alpha value is -3.91. The molecule has 0 radical (unpaired) electrons. The molecule has 8 nitrogen and oxygen atoms in total. The van der Waals surface area contributed by atoms with E-state index in [-0.39, 0.29) is 11.6 Å². The van der Waals surface area contributed by atoms with E-state index in [9.17, 15) is 4.79 Å². The normalized spacial score (nSPS) is 11.1. The molecule has 0 bridgehead atoms. The van der Waals surface area contributed by atoms with Gasteiger partial charge in [0.25, 0.3) is 5.91 Å². The molecule has 0 aliphatic heterocycles. The fourth-order valence-corrected chi connectivity index (χ4v) is 3.92. The number of carbonyl (C=O) groups is 1. The number of amides is 1. The molecule has 4 rings (SSSR count). The maximum atomic E-state index is 12.3. The van der Waals surface area contributed by atoms with Crippen molar-refractivity contribution < 1.29 is 14.3 Å². The number of aromatic nitrogens is 3. The SMILES string of the molecule is COCCNC(=O)c1cc(Oc2ccc3c(c2)nc(Nc2ccc(C)c(C(C)C)c2)n3C)ccn1. The van der Waals surface area contributed by atoms with Gasteiger partial charge in [-0.2, -0.15) is 0 Å². The topological polar surface area (TPSA) is 90.3 Å². The fraction of sp³-hybridized carbons (Fsp3) is 0.296. The molecule has 0 saturated heterocycles. The van der Waals surface area contributed by atoms with E-state index in [0.29, 0.717) is 30.6 Å². The van der Waals surface area contributed by atoms with Gasteiger partial charge in [-0.3, -0.25) is 9.78 Å². The second kappa shape index (κ2) is 10.6. The van der Waals surface area contributed by atoms with E-state index in [0.717, 1.165) is 22.7 Å². The standard InChI is InChI=1S/C27H31N5O3/c1-17(2)22-14-19(7-6-18(22)3)30-27-31-23-15-20(8-9-25(23)32(27)4)35-21-10-11-28-24(16-21)26(33)29-12-13-34-5/h6-11,14-17H,12-13H2,1-5H3,(H,29,33)(H,30,31). The highest BCUT2D eigenvalue weighted by Gasteiger charge is 2.12. The molecular weight excluding hydrogens is 442 g/mol. The smallest absolute Gasteiger partial charge is 0.270 e. The van der Waals surface area contributed by atoms with Gasteiger partial charge in [-0.25, -0.2) is 4.98 Å². The zero-order chi connectivity index (χ0) is 24.9. The number of nitrogens with one attached hydrogen (secondary N) is 2. The molecule has 4 aromatic rings. The van der Waals surface area contributed by atoms with Crippen LogP contribution in [0.1, 0.15) is 41.4 Å². The average Bonchev–Trinajstić information content (AvgIpc) is 3.14. The van der Waals surface area contributed by atoms with Crippen LogP contribution in [-0.4, -0.2) is 40.7 Å². The molecule has 0 spiro atoms. The number of aryl methyl sites for hydroxylation is 2. The third kappa shape index (κ3) is 5.60. The lowest BCUT2D eigenvalue weighted by Gasteiger charge is -2.13. The van der Waals surface area contributed by atoms with Crippen LogP contribution < -0.4 is 15.4 Å². The third-order valence-corrected chi connectivity index (χ3v) is 5.80. The molecule has 0 aliphatic rings. The maximum Gasteiger partial charge on any atom is 0.270 e. The lowest BCUT2D eigenvalue weighted by atomic mass is 9.97. The second-order valence-electron chi connectivity index (χ2n) is 8.72. The number of rotatable bonds is 9. The molecule has 0 fully saturated rings. The van der Waals surface area contributed by atoms with Crippen molar-refractivity contribution in [3.05, 3.63) is 71.5 Å². The van der Waals surface area contributed by atoms with Crippen molar-refractivity contribution in [1.82, 2.24) is 19.9 Å². The molecule has 182 valence electrons. The van der Waals surface area contributed by atoms with Crippen molar-refractivity contribution in [2.75, 3.05) is 25.6 Å². The monoisotopic (exact) mass is 473 g/mol. The lowest BCUT2D eigenvalue weighted by Crippen LogP contribution is -2.27. The number of fused-ring (bicyclic) bond motifs is 1. The fourth-order valence-electron chi connectivity index (χ4n) is 3.92. The summed E-state index contributed by atoms with van der Waals surface area (Å²) in [6.45, 7) is 7.38. The molecule has 0 saturated carbocycles. The summed E-state index contributed by atoms with van der Waals surface area (Å²) in [6.07, 6.45) is 1.55. The summed E-state index contributed by atoms with van der Waals surface area (Å²) in [5, 5.41) is 6.20. The summed E-state index contributed by atoms with van der Waals surface area (Å²) in [4.78, 5) is 21.2. The van der Waals surface area contributed by atoms with Gasteiger partial charge in [-0.15, -0.1) is 0 Å². The van der Waals surface area contributed by atoms with Crippen molar-refractivity contribution in [2.45, 2.75) is 26.7 Å². The van der Waals surface area contributed by atoms with Gasteiger partial charge in [0.2, 0.25) is 5.95 Å². The third-order valence-electron chi connectivity index (χ3n) is 5.80. The molecule has 2 N–H and O–H groups in total. The Balaban J connectivity index is 1.53. The van der Waals surface area contributed by atoms with Crippen LogP contribution in [0.5, 0.6) is 11.5 Å². The number of hydrogen-bond acceptors (Lipinski definition) is 6. The van der Waals surface area contributed by atoms with Gasteiger partial charge in [0.15, 0.2) is 0 Å². The minimum atomic E-state index is -0.278. The molecular formula is C27H31N5O3. The largest absolute Gasteiger partial charge is 0.457 e. The number of anilines is 2. The predicted molar refractivity (Wildman–Crippen MR) is 138 cm³/mol. The van der Waals surface area contributed by atoms with Gasteiger partial charge in [0.05, 0.1) is 17.6 Å². The summed E-state index contributed by atoms with van der Waals surface area (Å²) in [6, 6.07) is 15.4. The minimum absolute atomic E-state index is 0.278. The molecule has 0 atom stereocenters. The van der Waals surface area contributed by atoms with E-state index < -0.39 is 0 Å². The number of ether oxygens (including phenoxy) is 2. The average molecular weight is 474 g/mol. The molecule has 2 heterocycles. The van der Waals surface area contributed by atoms with Gasteiger partial charge >= 0.3 is 0 Å². The van der Waals surface area contributed by atoms with Crippen LogP contribution in [0.25, 0.3) is 11.0 Å². The summed E-state index contributed by atoms with van der Waals surface area (Å²) in [5.41, 5.74) is 5.65. The number of imidazole rings is 1. The lowest BCUT2D eigenvalue weighted by molar-refractivity contribution is 0.0932. The molecule has 2 aromatic heterocycles. The van der Waals surface area contributed by atoms with E-state index in [4.69, 9.17) is 14.5 Å². The number of benzene rings is 2. The van der Waals surface area contributed by atoms with Crippen molar-refractivity contribution >= 4 is 28.6 Å². The van der Waals surface area contributed by atoms with Crippen LogP contribution in [0.15, 0.2) is 54.7 Å². The van der Waals surface area contributed by atoms with Gasteiger partial charge in [-0.1, -0.05) is 19.9 Å². The number of hydrogen-bond donors (Lipinski definition) is 2. The Labute approximate surface area is 205 Å². The van der Waals surface area contributed by atoms with Crippen molar-refractivity contribution in [3.8, 4) is 11.5 Å². The first-order valence-electron chi connectivity index (χ1n) is 11.6. The Morgan fingerprint density at radius 3 is 2.66 bits per heavy atom. The second-order valence-corrected chi connectivity index (χ2v) is 8.72. The van der Waals surface area contributed by atoms with Crippen LogP contribution in [0, 0.1) is 6.92 Å².